The second kappa shape index (κ2) is 5.89. The van der Waals surface area contributed by atoms with E-state index in [0.29, 0.717) is 12.3 Å². The van der Waals surface area contributed by atoms with Gasteiger partial charge in [0.2, 0.25) is 0 Å². The summed E-state index contributed by atoms with van der Waals surface area (Å²) in [6, 6.07) is 5.89. The fraction of sp³-hybridized carbons (Fsp3) is 0.533. The van der Waals surface area contributed by atoms with E-state index >= 15 is 0 Å². The minimum Gasteiger partial charge on any atom is -0.493 e. The van der Waals surface area contributed by atoms with Gasteiger partial charge in [-0.05, 0) is 43.4 Å². The third-order valence-corrected chi connectivity index (χ3v) is 2.79. The lowest BCUT2D eigenvalue weighted by Gasteiger charge is -2.19. The molecule has 0 saturated heterocycles. The lowest BCUT2D eigenvalue weighted by atomic mass is 9.93. The number of hydrogen-bond acceptors (Lipinski definition) is 3. The minimum absolute atomic E-state index is 0.254. The molecule has 18 heavy (non-hydrogen) atoms. The van der Waals surface area contributed by atoms with Gasteiger partial charge in [-0.25, -0.2) is 0 Å². The second-order valence-electron chi connectivity index (χ2n) is 5.84. The third kappa shape index (κ3) is 4.40. The molecule has 0 bridgehead atoms. The Bertz CT molecular complexity index is 431. The van der Waals surface area contributed by atoms with Crippen LogP contribution in [0.15, 0.2) is 23.4 Å². The summed E-state index contributed by atoms with van der Waals surface area (Å²) in [6.07, 6.45) is 0.982. The number of ether oxygens (including phenoxy) is 1. The number of benzene rings is 1. The van der Waals surface area contributed by atoms with Crippen molar-refractivity contribution >= 4 is 5.71 Å². The third-order valence-electron chi connectivity index (χ3n) is 2.79. The van der Waals surface area contributed by atoms with Crippen molar-refractivity contribution in [2.75, 3.05) is 6.61 Å². The highest BCUT2D eigenvalue weighted by Gasteiger charge is 2.12. The first-order chi connectivity index (χ1) is 8.33. The predicted octanol–water partition coefficient (Wildman–Crippen LogP) is 4.01. The van der Waals surface area contributed by atoms with Crippen LogP contribution in [-0.4, -0.2) is 17.5 Å². The molecule has 0 saturated carbocycles. The number of hydrogen-bond donors (Lipinski definition) is 1. The van der Waals surface area contributed by atoms with Gasteiger partial charge in [-0.2, -0.15) is 0 Å². The van der Waals surface area contributed by atoms with Gasteiger partial charge in [0.1, 0.15) is 5.75 Å². The maximum atomic E-state index is 8.87. The molecule has 0 aliphatic rings. The molecule has 0 radical (unpaired) electrons. The maximum absolute atomic E-state index is 8.87. The van der Waals surface area contributed by atoms with Crippen LogP contribution in [0, 0.1) is 12.3 Å². The van der Waals surface area contributed by atoms with Crippen LogP contribution in [0.25, 0.3) is 0 Å². The van der Waals surface area contributed by atoms with E-state index in [1.807, 2.05) is 25.1 Å². The molecule has 100 valence electrons. The first-order valence-electron chi connectivity index (χ1n) is 6.26. The van der Waals surface area contributed by atoms with Crippen LogP contribution in [0.5, 0.6) is 5.75 Å². The Morgan fingerprint density at radius 2 is 2.00 bits per heavy atom. The fourth-order valence-electron chi connectivity index (χ4n) is 1.57. The predicted molar refractivity (Wildman–Crippen MR) is 74.7 cm³/mol. The summed E-state index contributed by atoms with van der Waals surface area (Å²) in [5, 5.41) is 12.1. The normalized spacial score (nSPS) is 12.6. The fourth-order valence-corrected chi connectivity index (χ4v) is 1.57. The van der Waals surface area contributed by atoms with E-state index in [4.69, 9.17) is 9.94 Å². The van der Waals surface area contributed by atoms with Gasteiger partial charge in [0.25, 0.3) is 0 Å². The summed E-state index contributed by atoms with van der Waals surface area (Å²) in [5.74, 6) is 0.787. The van der Waals surface area contributed by atoms with Crippen LogP contribution in [-0.2, 0) is 0 Å². The Kier molecular flexibility index (Phi) is 4.76. The average molecular weight is 249 g/mol. The van der Waals surface area contributed by atoms with Crippen LogP contribution in [0.4, 0.5) is 0 Å². The van der Waals surface area contributed by atoms with E-state index in [2.05, 4.69) is 25.9 Å². The molecule has 0 heterocycles. The zero-order valence-corrected chi connectivity index (χ0v) is 11.9. The Hall–Kier alpha value is -1.51. The molecule has 0 fully saturated rings. The van der Waals surface area contributed by atoms with Crippen molar-refractivity contribution in [2.45, 2.75) is 41.0 Å². The van der Waals surface area contributed by atoms with Gasteiger partial charge in [0.15, 0.2) is 0 Å². The molecule has 1 N–H and O–H groups in total. The molecule has 0 aromatic heterocycles. The maximum Gasteiger partial charge on any atom is 0.128 e. The van der Waals surface area contributed by atoms with Crippen LogP contribution in [0.1, 0.15) is 45.2 Å². The van der Waals surface area contributed by atoms with Crippen molar-refractivity contribution < 1.29 is 9.94 Å². The van der Waals surface area contributed by atoms with E-state index in [0.717, 1.165) is 23.3 Å². The molecule has 1 aromatic rings. The van der Waals surface area contributed by atoms with Gasteiger partial charge < -0.3 is 9.94 Å². The van der Waals surface area contributed by atoms with Crippen molar-refractivity contribution in [2.24, 2.45) is 10.6 Å². The summed E-state index contributed by atoms with van der Waals surface area (Å²) in [4.78, 5) is 0. The zero-order valence-electron chi connectivity index (χ0n) is 11.9. The molecule has 0 amide bonds. The number of nitrogens with zero attached hydrogens (tertiary/aromatic N) is 1. The molecule has 0 atom stereocenters. The van der Waals surface area contributed by atoms with E-state index in [1.54, 1.807) is 6.92 Å². The molecule has 0 aliphatic heterocycles. The van der Waals surface area contributed by atoms with Crippen molar-refractivity contribution in [1.29, 1.82) is 0 Å². The Morgan fingerprint density at radius 3 is 2.56 bits per heavy atom. The smallest absolute Gasteiger partial charge is 0.128 e. The van der Waals surface area contributed by atoms with Crippen molar-refractivity contribution in [1.82, 2.24) is 0 Å². The van der Waals surface area contributed by atoms with Crippen LogP contribution in [0.2, 0.25) is 0 Å². The van der Waals surface area contributed by atoms with Gasteiger partial charge in [-0.15, -0.1) is 0 Å². The SMILES string of the molecule is CC(=NO)c1ccc(C)cc1OCCC(C)(C)C. The average Bonchev–Trinajstić information content (AvgIpc) is 2.26. The molecule has 1 rings (SSSR count). The topological polar surface area (TPSA) is 41.8 Å². The second-order valence-corrected chi connectivity index (χ2v) is 5.84. The quantitative estimate of drug-likeness (QED) is 0.497. The molecule has 0 unspecified atom stereocenters. The van der Waals surface area contributed by atoms with Crippen molar-refractivity contribution in [3.8, 4) is 5.75 Å². The first-order valence-corrected chi connectivity index (χ1v) is 6.26. The largest absolute Gasteiger partial charge is 0.493 e. The van der Waals surface area contributed by atoms with Crippen LogP contribution in [0.3, 0.4) is 0 Å². The Balaban J connectivity index is 2.83. The first kappa shape index (κ1) is 14.6. The Morgan fingerprint density at radius 1 is 1.33 bits per heavy atom. The molecule has 0 spiro atoms. The summed E-state index contributed by atoms with van der Waals surface area (Å²) in [7, 11) is 0. The molecular formula is C15H23NO2. The van der Waals surface area contributed by atoms with E-state index in [1.165, 1.54) is 0 Å². The molecule has 0 aliphatic carbocycles. The highest BCUT2D eigenvalue weighted by Crippen LogP contribution is 2.24. The van der Waals surface area contributed by atoms with E-state index in [-0.39, 0.29) is 5.41 Å². The molecule has 1 aromatic carbocycles. The molecule has 3 nitrogen and oxygen atoms in total. The van der Waals surface area contributed by atoms with Crippen molar-refractivity contribution in [3.63, 3.8) is 0 Å². The highest BCUT2D eigenvalue weighted by molar-refractivity contribution is 6.00. The number of oxime groups is 1. The summed E-state index contributed by atoms with van der Waals surface area (Å²) < 4.78 is 5.83. The Labute approximate surface area is 109 Å². The number of aryl methyl sites for hydroxylation is 1. The summed E-state index contributed by atoms with van der Waals surface area (Å²) in [5.41, 5.74) is 2.80. The monoisotopic (exact) mass is 249 g/mol. The van der Waals surface area contributed by atoms with Crippen LogP contribution >= 0.6 is 0 Å². The highest BCUT2D eigenvalue weighted by atomic mass is 16.5. The minimum atomic E-state index is 0.254. The van der Waals surface area contributed by atoms with Gasteiger partial charge in [0, 0.05) is 5.56 Å². The van der Waals surface area contributed by atoms with Crippen LogP contribution < -0.4 is 4.74 Å². The lowest BCUT2D eigenvalue weighted by molar-refractivity contribution is 0.242. The van der Waals surface area contributed by atoms with Gasteiger partial charge in [-0.1, -0.05) is 32.0 Å². The summed E-state index contributed by atoms with van der Waals surface area (Å²) in [6.45, 7) is 11.0. The van der Waals surface area contributed by atoms with Gasteiger partial charge in [-0.3, -0.25) is 0 Å². The van der Waals surface area contributed by atoms with Gasteiger partial charge in [0.05, 0.1) is 12.3 Å². The standard InChI is InChI=1S/C15H23NO2/c1-11-6-7-13(12(2)16-17)14(10-11)18-9-8-15(3,4)5/h6-7,10,17H,8-9H2,1-5H3. The lowest BCUT2D eigenvalue weighted by Crippen LogP contribution is -2.12. The van der Waals surface area contributed by atoms with E-state index in [9.17, 15) is 0 Å². The molecular weight excluding hydrogens is 226 g/mol. The summed E-state index contributed by atoms with van der Waals surface area (Å²) >= 11 is 0. The number of rotatable bonds is 4. The zero-order chi connectivity index (χ0) is 13.8. The molecule has 3 heteroatoms. The van der Waals surface area contributed by atoms with E-state index < -0.39 is 0 Å². The van der Waals surface area contributed by atoms with Gasteiger partial charge >= 0.3 is 0 Å². The van der Waals surface area contributed by atoms with Crippen molar-refractivity contribution in [3.05, 3.63) is 29.3 Å².